The molecule has 9 heavy (non-hydrogen) atoms. The molecule has 1 heterocycles. The highest BCUT2D eigenvalue weighted by molar-refractivity contribution is 5.73. The first kappa shape index (κ1) is 5.80. The molecule has 0 aromatic heterocycles. The van der Waals surface area contributed by atoms with Gasteiger partial charge in [-0.25, -0.2) is 10.1 Å². The number of hydrazine groups is 1. The topological polar surface area (TPSA) is 81.2 Å². The van der Waals surface area contributed by atoms with Crippen LogP contribution in [0.3, 0.4) is 0 Å². The molecule has 0 aromatic rings. The maximum absolute atomic E-state index is 9.75. The second-order valence-corrected chi connectivity index (χ2v) is 1.60. The molecule has 0 fully saturated rings. The number of nitro groups is 1. The summed E-state index contributed by atoms with van der Waals surface area (Å²) in [4.78, 5) is 12.5. The lowest BCUT2D eigenvalue weighted by Gasteiger charge is -1.85. The number of hydrogen-bond donors (Lipinski definition) is 3. The summed E-state index contributed by atoms with van der Waals surface area (Å²) in [6.45, 7) is 1.46. The molecule has 1 aliphatic heterocycles. The van der Waals surface area contributed by atoms with Crippen LogP contribution in [0.1, 0.15) is 0 Å². The van der Waals surface area contributed by atoms with Crippen molar-refractivity contribution >= 4 is 5.96 Å². The standard InChI is InChI=1S/C3H6N4O2/c8-7(9)6-3-4-1-2-5-3/h1-2H2,(H2,4,5,6)/p+1. The number of guanidine groups is 1. The van der Waals surface area contributed by atoms with Crippen molar-refractivity contribution in [2.75, 3.05) is 13.1 Å². The molecule has 0 spiro atoms. The molecule has 1 aliphatic rings. The van der Waals surface area contributed by atoms with Crippen LogP contribution in [-0.2, 0) is 0 Å². The Hall–Kier alpha value is -1.33. The SMILES string of the molecule is O=[N+]([O-])NC1=[NH+]CCN1. The predicted octanol–water partition coefficient (Wildman–Crippen LogP) is -3.19. The molecule has 6 heteroatoms. The van der Waals surface area contributed by atoms with Gasteiger partial charge in [0.2, 0.25) is 5.03 Å². The largest absolute Gasteiger partial charge is 0.406 e. The van der Waals surface area contributed by atoms with Gasteiger partial charge in [0.05, 0.1) is 13.1 Å². The third-order valence-electron chi connectivity index (χ3n) is 0.932. The van der Waals surface area contributed by atoms with Crippen molar-refractivity contribution in [3.63, 3.8) is 0 Å². The lowest BCUT2D eigenvalue weighted by atomic mass is 10.7. The van der Waals surface area contributed by atoms with Crippen molar-refractivity contribution in [3.05, 3.63) is 10.1 Å². The Morgan fingerprint density at radius 2 is 2.67 bits per heavy atom. The lowest BCUT2D eigenvalue weighted by Crippen LogP contribution is -2.74. The molecule has 3 N–H and O–H groups in total. The van der Waals surface area contributed by atoms with Gasteiger partial charge in [0.15, 0.2) is 0 Å². The van der Waals surface area contributed by atoms with E-state index in [1.807, 2.05) is 5.43 Å². The minimum Gasteiger partial charge on any atom is -0.270 e. The molecular weight excluding hydrogens is 124 g/mol. The average molecular weight is 131 g/mol. The van der Waals surface area contributed by atoms with E-state index >= 15 is 0 Å². The zero-order valence-corrected chi connectivity index (χ0v) is 4.68. The molecule has 0 aromatic carbocycles. The molecule has 1 rings (SSSR count). The number of rotatable bonds is 1. The van der Waals surface area contributed by atoms with E-state index in [2.05, 4.69) is 10.3 Å². The van der Waals surface area contributed by atoms with Crippen LogP contribution >= 0.6 is 0 Å². The maximum atomic E-state index is 9.75. The van der Waals surface area contributed by atoms with Crippen LogP contribution in [0.2, 0.25) is 0 Å². The fourth-order valence-electron chi connectivity index (χ4n) is 0.608. The molecule has 0 aliphatic carbocycles. The molecule has 50 valence electrons. The zero-order valence-electron chi connectivity index (χ0n) is 4.68. The van der Waals surface area contributed by atoms with E-state index in [1.165, 1.54) is 0 Å². The van der Waals surface area contributed by atoms with Gasteiger partial charge in [-0.15, -0.1) is 0 Å². The number of nitrogens with zero attached hydrogens (tertiary/aromatic N) is 1. The summed E-state index contributed by atoms with van der Waals surface area (Å²) in [6, 6.07) is 0. The van der Waals surface area contributed by atoms with Gasteiger partial charge < -0.3 is 0 Å². The maximum Gasteiger partial charge on any atom is 0.406 e. The second-order valence-electron chi connectivity index (χ2n) is 1.60. The number of hydrogen-bond acceptors (Lipinski definition) is 3. The first-order valence-electron chi connectivity index (χ1n) is 2.55. The zero-order chi connectivity index (χ0) is 6.69. The third-order valence-corrected chi connectivity index (χ3v) is 0.932. The first-order valence-corrected chi connectivity index (χ1v) is 2.55. The second kappa shape index (κ2) is 2.29. The fraction of sp³-hybridized carbons (Fsp3) is 0.667. The summed E-state index contributed by atoms with van der Waals surface area (Å²) in [5.74, 6) is 0.375. The van der Waals surface area contributed by atoms with E-state index in [9.17, 15) is 10.1 Å². The molecule has 0 unspecified atom stereocenters. The van der Waals surface area contributed by atoms with Gasteiger partial charge in [0, 0.05) is 5.43 Å². The van der Waals surface area contributed by atoms with Crippen LogP contribution in [-0.4, -0.2) is 24.1 Å². The van der Waals surface area contributed by atoms with Crippen LogP contribution in [0.25, 0.3) is 0 Å². The summed E-state index contributed by atoms with van der Waals surface area (Å²) in [7, 11) is 0. The van der Waals surface area contributed by atoms with Crippen LogP contribution in [0, 0.1) is 10.1 Å². The summed E-state index contributed by atoms with van der Waals surface area (Å²) in [5.41, 5.74) is 1.96. The normalized spacial score (nSPS) is 16.2. The number of nitrogens with one attached hydrogen (secondary N) is 3. The van der Waals surface area contributed by atoms with E-state index in [4.69, 9.17) is 0 Å². The Morgan fingerprint density at radius 1 is 1.89 bits per heavy atom. The highest BCUT2D eigenvalue weighted by Crippen LogP contribution is 1.59. The van der Waals surface area contributed by atoms with Crippen molar-refractivity contribution < 1.29 is 10.0 Å². The summed E-state index contributed by atoms with van der Waals surface area (Å²) < 4.78 is 0. The van der Waals surface area contributed by atoms with Crippen LogP contribution in [0.15, 0.2) is 0 Å². The van der Waals surface area contributed by atoms with E-state index in [0.717, 1.165) is 13.1 Å². The van der Waals surface area contributed by atoms with Gasteiger partial charge in [0.25, 0.3) is 0 Å². The lowest BCUT2D eigenvalue weighted by molar-refractivity contribution is -0.543. The highest BCUT2D eigenvalue weighted by atomic mass is 16.7. The Morgan fingerprint density at radius 3 is 3.11 bits per heavy atom. The summed E-state index contributed by atoms with van der Waals surface area (Å²) in [5, 5.41) is 11.9. The predicted molar refractivity (Wildman–Crippen MR) is 29.0 cm³/mol. The van der Waals surface area contributed by atoms with Crippen LogP contribution in [0.4, 0.5) is 0 Å². The fourth-order valence-corrected chi connectivity index (χ4v) is 0.608. The van der Waals surface area contributed by atoms with Gasteiger partial charge in [-0.2, -0.15) is 0 Å². The van der Waals surface area contributed by atoms with E-state index in [-0.39, 0.29) is 0 Å². The van der Waals surface area contributed by atoms with Crippen molar-refractivity contribution in [1.82, 2.24) is 10.7 Å². The van der Waals surface area contributed by atoms with Crippen molar-refractivity contribution in [1.29, 1.82) is 0 Å². The Bertz CT molecular complexity index is 154. The molecule has 0 atom stereocenters. The van der Waals surface area contributed by atoms with E-state index in [0.29, 0.717) is 5.96 Å². The summed E-state index contributed by atoms with van der Waals surface area (Å²) >= 11 is 0. The van der Waals surface area contributed by atoms with Crippen molar-refractivity contribution in [3.8, 4) is 0 Å². The Kier molecular flexibility index (Phi) is 1.48. The van der Waals surface area contributed by atoms with Gasteiger partial charge in [0.1, 0.15) is 0 Å². The average Bonchev–Trinajstić information content (AvgIpc) is 2.15. The summed E-state index contributed by atoms with van der Waals surface area (Å²) in [6.07, 6.45) is 0. The van der Waals surface area contributed by atoms with Gasteiger partial charge >= 0.3 is 5.96 Å². The molecule has 0 saturated carbocycles. The van der Waals surface area contributed by atoms with Gasteiger partial charge in [-0.05, 0) is 0 Å². The molecule has 0 bridgehead atoms. The minimum atomic E-state index is -0.610. The molecule has 0 amide bonds. The van der Waals surface area contributed by atoms with E-state index in [1.54, 1.807) is 0 Å². The highest BCUT2D eigenvalue weighted by Gasteiger charge is 2.15. The minimum absolute atomic E-state index is 0.375. The first-order chi connectivity index (χ1) is 4.29. The van der Waals surface area contributed by atoms with Gasteiger partial charge in [-0.1, -0.05) is 0 Å². The monoisotopic (exact) mass is 131 g/mol. The Balaban J connectivity index is 2.35. The molecule has 0 radical (unpaired) electrons. The van der Waals surface area contributed by atoms with Crippen molar-refractivity contribution in [2.45, 2.75) is 0 Å². The molecule has 6 nitrogen and oxygen atoms in total. The van der Waals surface area contributed by atoms with Crippen LogP contribution in [0.5, 0.6) is 0 Å². The van der Waals surface area contributed by atoms with Gasteiger partial charge in [-0.3, -0.25) is 10.3 Å². The van der Waals surface area contributed by atoms with E-state index < -0.39 is 5.03 Å². The smallest absolute Gasteiger partial charge is 0.270 e. The third kappa shape index (κ3) is 1.56. The quantitative estimate of drug-likeness (QED) is 0.259. The molecular formula is C3H7N4O2+. The van der Waals surface area contributed by atoms with Crippen LogP contribution < -0.4 is 15.7 Å². The Labute approximate surface area is 51.1 Å². The van der Waals surface area contributed by atoms with Crippen molar-refractivity contribution in [2.24, 2.45) is 0 Å². The molecule has 0 saturated heterocycles.